The summed E-state index contributed by atoms with van der Waals surface area (Å²) >= 11 is 5.78. The molecule has 0 aliphatic carbocycles. The van der Waals surface area contributed by atoms with Gasteiger partial charge in [-0.25, -0.2) is 15.0 Å². The highest BCUT2D eigenvalue weighted by Crippen LogP contribution is 2.30. The normalized spacial score (nSPS) is 8.76. The van der Waals surface area contributed by atoms with Crippen molar-refractivity contribution in [1.29, 1.82) is 0 Å². The standard InChI is InChI=1S/C13H9ClN4O.3C2H6/c14-11-4-3-8(6-16-11)9-7-17-13(15)18-12(9)10-2-1-5-19-10;3*1-2/h1-7H,(H2,15,17,18);3*1-2H3. The molecule has 0 unspecified atom stereocenters. The number of hydrogen-bond acceptors (Lipinski definition) is 5. The van der Waals surface area contributed by atoms with Gasteiger partial charge in [0, 0.05) is 23.5 Å². The molecule has 5 nitrogen and oxygen atoms in total. The largest absolute Gasteiger partial charge is 0.463 e. The number of aromatic nitrogens is 3. The number of nitrogen functional groups attached to an aromatic ring is 1. The van der Waals surface area contributed by atoms with Crippen LogP contribution in [0.25, 0.3) is 22.6 Å². The van der Waals surface area contributed by atoms with E-state index >= 15 is 0 Å². The van der Waals surface area contributed by atoms with E-state index in [-0.39, 0.29) is 5.95 Å². The molecule has 3 rings (SSSR count). The van der Waals surface area contributed by atoms with Gasteiger partial charge < -0.3 is 10.2 Å². The van der Waals surface area contributed by atoms with E-state index in [2.05, 4.69) is 15.0 Å². The Labute approximate surface area is 155 Å². The lowest BCUT2D eigenvalue weighted by Crippen LogP contribution is -1.98. The van der Waals surface area contributed by atoms with Crippen LogP contribution in [-0.4, -0.2) is 15.0 Å². The summed E-state index contributed by atoms with van der Waals surface area (Å²) in [4.78, 5) is 12.3. The maximum atomic E-state index is 5.78. The Bertz CT molecular complexity index is 698. The minimum absolute atomic E-state index is 0.192. The predicted octanol–water partition coefficient (Wildman–Crippen LogP) is 6.11. The second-order valence-electron chi connectivity index (χ2n) is 3.84. The van der Waals surface area contributed by atoms with Gasteiger partial charge in [0.15, 0.2) is 5.76 Å². The third-order valence-corrected chi connectivity index (χ3v) is 2.82. The third-order valence-electron chi connectivity index (χ3n) is 2.60. The van der Waals surface area contributed by atoms with Crippen LogP contribution in [0.15, 0.2) is 47.3 Å². The first kappa shape index (κ1) is 22.6. The van der Waals surface area contributed by atoms with Gasteiger partial charge in [-0.1, -0.05) is 53.1 Å². The smallest absolute Gasteiger partial charge is 0.220 e. The van der Waals surface area contributed by atoms with Crippen molar-refractivity contribution in [2.24, 2.45) is 0 Å². The molecule has 0 bridgehead atoms. The topological polar surface area (TPSA) is 77.8 Å². The molecule has 3 aromatic heterocycles. The summed E-state index contributed by atoms with van der Waals surface area (Å²) in [6.07, 6.45) is 4.88. The summed E-state index contributed by atoms with van der Waals surface area (Å²) < 4.78 is 5.37. The van der Waals surface area contributed by atoms with Crippen molar-refractivity contribution in [3.63, 3.8) is 0 Å². The summed E-state index contributed by atoms with van der Waals surface area (Å²) in [5, 5.41) is 0.430. The minimum atomic E-state index is 0.192. The third kappa shape index (κ3) is 6.55. The zero-order valence-corrected chi connectivity index (χ0v) is 16.5. The minimum Gasteiger partial charge on any atom is -0.463 e. The quantitative estimate of drug-likeness (QED) is 0.556. The van der Waals surface area contributed by atoms with Gasteiger partial charge in [0.25, 0.3) is 0 Å². The molecule has 0 aliphatic rings. The summed E-state index contributed by atoms with van der Waals surface area (Å²) in [6, 6.07) is 7.15. The Morgan fingerprint density at radius 2 is 1.60 bits per heavy atom. The molecule has 25 heavy (non-hydrogen) atoms. The van der Waals surface area contributed by atoms with Gasteiger partial charge in [-0.3, -0.25) is 0 Å². The van der Waals surface area contributed by atoms with Gasteiger partial charge in [-0.05, 0) is 24.3 Å². The van der Waals surface area contributed by atoms with Crippen molar-refractivity contribution < 1.29 is 4.42 Å². The molecule has 0 spiro atoms. The van der Waals surface area contributed by atoms with Gasteiger partial charge >= 0.3 is 0 Å². The first-order valence-electron chi connectivity index (χ1n) is 8.52. The zero-order chi connectivity index (χ0) is 19.2. The molecule has 136 valence electrons. The van der Waals surface area contributed by atoms with Crippen LogP contribution in [0, 0.1) is 0 Å². The second kappa shape index (κ2) is 13.0. The lowest BCUT2D eigenvalue weighted by molar-refractivity contribution is 0.580. The molecule has 3 aromatic rings. The van der Waals surface area contributed by atoms with E-state index < -0.39 is 0 Å². The molecule has 0 aromatic carbocycles. The predicted molar refractivity (Wildman–Crippen MR) is 106 cm³/mol. The average molecular weight is 363 g/mol. The van der Waals surface area contributed by atoms with Crippen LogP contribution in [0.4, 0.5) is 5.95 Å². The number of rotatable bonds is 2. The van der Waals surface area contributed by atoms with E-state index in [0.717, 1.165) is 11.1 Å². The van der Waals surface area contributed by atoms with Gasteiger partial charge in [0.1, 0.15) is 10.8 Å². The Morgan fingerprint density at radius 3 is 2.12 bits per heavy atom. The Hall–Kier alpha value is -2.40. The van der Waals surface area contributed by atoms with Crippen LogP contribution in [0.5, 0.6) is 0 Å². The number of furan rings is 1. The summed E-state index contributed by atoms with van der Waals surface area (Å²) in [5.41, 5.74) is 7.89. The lowest BCUT2D eigenvalue weighted by Gasteiger charge is -2.06. The molecular weight excluding hydrogens is 336 g/mol. The molecule has 2 N–H and O–H groups in total. The molecule has 0 fully saturated rings. The van der Waals surface area contributed by atoms with Crippen LogP contribution in [-0.2, 0) is 0 Å². The van der Waals surface area contributed by atoms with Crippen LogP contribution in [0.1, 0.15) is 41.5 Å². The van der Waals surface area contributed by atoms with Crippen molar-refractivity contribution in [3.8, 4) is 22.6 Å². The number of hydrogen-bond donors (Lipinski definition) is 1. The number of anilines is 1. The highest BCUT2D eigenvalue weighted by Gasteiger charge is 2.13. The molecule has 0 amide bonds. The highest BCUT2D eigenvalue weighted by atomic mass is 35.5. The molecule has 0 aliphatic heterocycles. The summed E-state index contributed by atoms with van der Waals surface area (Å²) in [5.74, 6) is 0.816. The van der Waals surface area contributed by atoms with Crippen molar-refractivity contribution in [2.75, 3.05) is 5.73 Å². The van der Waals surface area contributed by atoms with Crippen molar-refractivity contribution in [2.45, 2.75) is 41.5 Å². The Morgan fingerprint density at radius 1 is 0.920 bits per heavy atom. The van der Waals surface area contributed by atoms with Crippen LogP contribution in [0.3, 0.4) is 0 Å². The van der Waals surface area contributed by atoms with Gasteiger partial charge in [0.05, 0.1) is 6.26 Å². The van der Waals surface area contributed by atoms with E-state index in [1.807, 2.05) is 53.7 Å². The van der Waals surface area contributed by atoms with Crippen LogP contribution >= 0.6 is 11.6 Å². The van der Waals surface area contributed by atoms with Gasteiger partial charge in [-0.15, -0.1) is 0 Å². The molecule has 0 saturated carbocycles. The molecule has 0 saturated heterocycles. The van der Waals surface area contributed by atoms with Crippen molar-refractivity contribution in [3.05, 3.63) is 48.1 Å². The Kier molecular flexibility index (Phi) is 11.7. The van der Waals surface area contributed by atoms with E-state index in [4.69, 9.17) is 21.8 Å². The van der Waals surface area contributed by atoms with E-state index in [1.54, 1.807) is 30.8 Å². The highest BCUT2D eigenvalue weighted by molar-refractivity contribution is 6.29. The van der Waals surface area contributed by atoms with E-state index in [9.17, 15) is 0 Å². The van der Waals surface area contributed by atoms with Crippen molar-refractivity contribution in [1.82, 2.24) is 15.0 Å². The first-order valence-corrected chi connectivity index (χ1v) is 8.90. The fraction of sp³-hybridized carbons (Fsp3) is 0.316. The summed E-state index contributed by atoms with van der Waals surface area (Å²) in [7, 11) is 0. The number of halogens is 1. The fourth-order valence-electron chi connectivity index (χ4n) is 1.74. The number of nitrogens with two attached hydrogens (primary N) is 1. The fourth-order valence-corrected chi connectivity index (χ4v) is 1.85. The number of pyridine rings is 1. The van der Waals surface area contributed by atoms with Gasteiger partial charge in [-0.2, -0.15) is 0 Å². The van der Waals surface area contributed by atoms with Crippen LogP contribution in [0.2, 0.25) is 5.15 Å². The van der Waals surface area contributed by atoms with Gasteiger partial charge in [0.2, 0.25) is 5.95 Å². The second-order valence-corrected chi connectivity index (χ2v) is 4.22. The summed E-state index contributed by atoms with van der Waals surface area (Å²) in [6.45, 7) is 12.0. The molecule has 3 heterocycles. The van der Waals surface area contributed by atoms with Crippen molar-refractivity contribution >= 4 is 17.5 Å². The number of nitrogens with zero attached hydrogens (tertiary/aromatic N) is 3. The average Bonchev–Trinajstić information content (AvgIpc) is 3.22. The van der Waals surface area contributed by atoms with Crippen LogP contribution < -0.4 is 5.73 Å². The van der Waals surface area contributed by atoms with E-state index in [0.29, 0.717) is 16.6 Å². The maximum Gasteiger partial charge on any atom is 0.220 e. The maximum absolute atomic E-state index is 5.78. The monoisotopic (exact) mass is 362 g/mol. The molecule has 0 atom stereocenters. The Balaban J connectivity index is 0.000000871. The van der Waals surface area contributed by atoms with E-state index in [1.165, 1.54) is 0 Å². The first-order chi connectivity index (χ1) is 12.2. The SMILES string of the molecule is CC.CC.CC.Nc1ncc(-c2ccc(Cl)nc2)c(-c2ccco2)n1. The molecule has 6 heteroatoms. The molecular formula is C19H27ClN4O. The zero-order valence-electron chi connectivity index (χ0n) is 15.7. The lowest BCUT2D eigenvalue weighted by atomic mass is 10.1. The molecule has 0 radical (unpaired) electrons.